The van der Waals surface area contributed by atoms with Crippen molar-refractivity contribution >= 4 is 9.52 Å². The molecule has 0 aromatic heterocycles. The molecule has 0 nitrogen and oxygen atoms in total. The van der Waals surface area contributed by atoms with Crippen LogP contribution < -0.4 is 0 Å². The Morgan fingerprint density at radius 3 is 1.40 bits per heavy atom. The van der Waals surface area contributed by atoms with Gasteiger partial charge in [0, 0.05) is 9.52 Å². The molecule has 0 aliphatic heterocycles. The van der Waals surface area contributed by atoms with Gasteiger partial charge in [-0.25, -0.2) is 0 Å². The quantitative estimate of drug-likeness (QED) is 0.513. The summed E-state index contributed by atoms with van der Waals surface area (Å²) in [6.45, 7) is 14.0. The molecule has 1 radical (unpaired) electrons. The molecule has 61 valence electrons. The highest BCUT2D eigenvalue weighted by molar-refractivity contribution is 6.39. The van der Waals surface area contributed by atoms with Crippen molar-refractivity contribution in [3.63, 3.8) is 0 Å². The van der Waals surface area contributed by atoms with Gasteiger partial charge in [0.15, 0.2) is 0 Å². The van der Waals surface area contributed by atoms with Crippen molar-refractivity contribution in [1.29, 1.82) is 0 Å². The predicted octanol–water partition coefficient (Wildman–Crippen LogP) is 3.11. The van der Waals surface area contributed by atoms with Gasteiger partial charge in [-0.1, -0.05) is 47.6 Å². The monoisotopic (exact) mass is 157 g/mol. The van der Waals surface area contributed by atoms with Crippen LogP contribution >= 0.6 is 0 Å². The summed E-state index contributed by atoms with van der Waals surface area (Å²) < 4.78 is 0. The van der Waals surface area contributed by atoms with Crippen LogP contribution in [0.2, 0.25) is 11.1 Å². The van der Waals surface area contributed by atoms with Crippen LogP contribution in [0.25, 0.3) is 0 Å². The molecule has 0 rings (SSSR count). The van der Waals surface area contributed by atoms with Gasteiger partial charge in [-0.3, -0.25) is 0 Å². The number of rotatable bonds is 1. The second kappa shape index (κ2) is 3.08. The average molecular weight is 157 g/mol. The molecule has 0 fully saturated rings. The van der Waals surface area contributed by atoms with E-state index in [4.69, 9.17) is 0 Å². The Labute approximate surface area is 68.2 Å². The molecule has 0 aliphatic rings. The summed E-state index contributed by atoms with van der Waals surface area (Å²) in [5.41, 5.74) is 0.544. The Morgan fingerprint density at radius 1 is 0.900 bits per heavy atom. The molecule has 0 unspecified atom stereocenters. The topological polar surface area (TPSA) is 0 Å². The molecule has 0 amide bonds. The summed E-state index contributed by atoms with van der Waals surface area (Å²) in [6.07, 6.45) is 0. The van der Waals surface area contributed by atoms with Crippen molar-refractivity contribution < 1.29 is 0 Å². The van der Waals surface area contributed by atoms with Gasteiger partial charge in [-0.2, -0.15) is 0 Å². The average Bonchev–Trinajstić information content (AvgIpc) is 1.57. The van der Waals surface area contributed by atoms with Gasteiger partial charge in [-0.05, 0) is 10.5 Å². The van der Waals surface area contributed by atoms with E-state index in [-0.39, 0.29) is 0 Å². The smallest absolute Gasteiger partial charge is 0.0350 e. The van der Waals surface area contributed by atoms with Gasteiger partial charge in [0.1, 0.15) is 0 Å². The fourth-order valence-corrected chi connectivity index (χ4v) is 1.84. The first-order valence-electron chi connectivity index (χ1n) is 4.05. The van der Waals surface area contributed by atoms with Gasteiger partial charge in [0.2, 0.25) is 0 Å². The van der Waals surface area contributed by atoms with Crippen LogP contribution in [0.5, 0.6) is 0 Å². The van der Waals surface area contributed by atoms with Crippen LogP contribution in [-0.4, -0.2) is 9.52 Å². The molecule has 0 N–H and O–H groups in total. The third kappa shape index (κ3) is 8.22. The van der Waals surface area contributed by atoms with Crippen LogP contribution in [-0.2, 0) is 0 Å². The maximum absolute atomic E-state index is 2.34. The molecule has 0 aliphatic carbocycles. The molecule has 0 aromatic rings. The van der Waals surface area contributed by atoms with Crippen molar-refractivity contribution in [3.05, 3.63) is 0 Å². The summed E-state index contributed by atoms with van der Waals surface area (Å²) in [6, 6.07) is 1.41. The Kier molecular flexibility index (Phi) is 3.15. The van der Waals surface area contributed by atoms with Crippen LogP contribution in [0.1, 0.15) is 41.5 Å². The van der Waals surface area contributed by atoms with Gasteiger partial charge >= 0.3 is 0 Å². The van der Waals surface area contributed by atoms with Crippen LogP contribution in [0.3, 0.4) is 0 Å². The SMILES string of the molecule is CC(C)(C)C[SiH]C(C)(C)C. The summed E-state index contributed by atoms with van der Waals surface area (Å²) in [7, 11) is 0.619. The minimum atomic E-state index is 0.544. The summed E-state index contributed by atoms with van der Waals surface area (Å²) in [5, 5.41) is 0.591. The van der Waals surface area contributed by atoms with E-state index < -0.39 is 0 Å². The third-order valence-corrected chi connectivity index (χ3v) is 3.98. The third-order valence-electron chi connectivity index (χ3n) is 1.33. The van der Waals surface area contributed by atoms with E-state index >= 15 is 0 Å². The molecular formula is C9H21Si. The Balaban J connectivity index is 3.56. The number of hydrogen-bond acceptors (Lipinski definition) is 0. The van der Waals surface area contributed by atoms with Gasteiger partial charge in [0.05, 0.1) is 0 Å². The highest BCUT2D eigenvalue weighted by Gasteiger charge is 2.17. The van der Waals surface area contributed by atoms with E-state index in [9.17, 15) is 0 Å². The summed E-state index contributed by atoms with van der Waals surface area (Å²) >= 11 is 0. The van der Waals surface area contributed by atoms with Gasteiger partial charge in [0.25, 0.3) is 0 Å². The lowest BCUT2D eigenvalue weighted by Crippen LogP contribution is -2.15. The van der Waals surface area contributed by atoms with E-state index in [1.165, 1.54) is 6.04 Å². The molecular weight excluding hydrogens is 136 g/mol. The molecule has 0 saturated carbocycles. The van der Waals surface area contributed by atoms with Crippen molar-refractivity contribution in [1.82, 2.24) is 0 Å². The van der Waals surface area contributed by atoms with Gasteiger partial charge in [-0.15, -0.1) is 0 Å². The van der Waals surface area contributed by atoms with E-state index in [1.54, 1.807) is 0 Å². The molecule has 0 spiro atoms. The second-order valence-corrected chi connectivity index (χ2v) is 7.88. The molecule has 0 atom stereocenters. The Bertz CT molecular complexity index is 78.3. The maximum Gasteiger partial charge on any atom is 0.0350 e. The normalized spacial score (nSPS) is 13.8. The summed E-state index contributed by atoms with van der Waals surface area (Å²) in [4.78, 5) is 0. The first-order chi connectivity index (χ1) is 4.21. The van der Waals surface area contributed by atoms with E-state index in [0.717, 1.165) is 0 Å². The van der Waals surface area contributed by atoms with Crippen LogP contribution in [0.15, 0.2) is 0 Å². The predicted molar refractivity (Wildman–Crippen MR) is 51.1 cm³/mol. The molecule has 0 saturated heterocycles. The van der Waals surface area contributed by atoms with E-state index in [1.807, 2.05) is 0 Å². The molecule has 1 heteroatoms. The Hall–Kier alpha value is 0.217. The zero-order valence-electron chi connectivity index (χ0n) is 8.28. The zero-order valence-corrected chi connectivity index (χ0v) is 9.44. The lowest BCUT2D eigenvalue weighted by atomic mass is 10.0. The van der Waals surface area contributed by atoms with E-state index in [0.29, 0.717) is 20.0 Å². The van der Waals surface area contributed by atoms with Crippen molar-refractivity contribution in [2.24, 2.45) is 5.41 Å². The highest BCUT2D eigenvalue weighted by atomic mass is 28.2. The second-order valence-electron chi connectivity index (χ2n) is 5.33. The first-order valence-corrected chi connectivity index (χ1v) is 5.44. The van der Waals surface area contributed by atoms with Crippen molar-refractivity contribution in [2.75, 3.05) is 0 Å². The van der Waals surface area contributed by atoms with Crippen molar-refractivity contribution in [2.45, 2.75) is 52.6 Å². The summed E-state index contributed by atoms with van der Waals surface area (Å²) in [5.74, 6) is 0. The largest absolute Gasteiger partial charge is 0.0631 e. The fraction of sp³-hybridized carbons (Fsp3) is 1.00. The van der Waals surface area contributed by atoms with Crippen molar-refractivity contribution in [3.8, 4) is 0 Å². The van der Waals surface area contributed by atoms with Crippen LogP contribution in [0, 0.1) is 5.41 Å². The van der Waals surface area contributed by atoms with Gasteiger partial charge < -0.3 is 0 Å². The van der Waals surface area contributed by atoms with Crippen LogP contribution in [0.4, 0.5) is 0 Å². The standard InChI is InChI=1S/C9H21Si/c1-8(2,3)7-10-9(4,5)6/h10H,7H2,1-6H3. The zero-order chi connectivity index (χ0) is 8.41. The highest BCUT2D eigenvalue weighted by Crippen LogP contribution is 2.28. The molecule has 0 aromatic carbocycles. The first kappa shape index (κ1) is 10.2. The Morgan fingerprint density at radius 2 is 1.30 bits per heavy atom. The number of hydrogen-bond donors (Lipinski definition) is 0. The molecule has 0 bridgehead atoms. The maximum atomic E-state index is 2.34. The lowest BCUT2D eigenvalue weighted by molar-refractivity contribution is 0.461. The minimum absolute atomic E-state index is 0.544. The lowest BCUT2D eigenvalue weighted by Gasteiger charge is -2.24. The minimum Gasteiger partial charge on any atom is -0.0631 e. The fourth-order valence-electron chi connectivity index (χ4n) is 0.612. The molecule has 0 heterocycles. The molecule has 10 heavy (non-hydrogen) atoms. The van der Waals surface area contributed by atoms with E-state index in [2.05, 4.69) is 41.5 Å².